The number of hydrogen-bond donors (Lipinski definition) is 1. The van der Waals surface area contributed by atoms with Gasteiger partial charge in [-0.2, -0.15) is 0 Å². The van der Waals surface area contributed by atoms with E-state index < -0.39 is 0 Å². The molecular formula is C15H18N2S. The molecule has 0 bridgehead atoms. The fraction of sp³-hybridized carbons (Fsp3) is 0.533. The SMILES string of the molecule is Cc1ccc2sc(NCC3(C4CC4)CC3)nc2c1. The maximum absolute atomic E-state index is 4.69. The molecule has 4 rings (SSSR count). The Morgan fingerprint density at radius 2 is 2.22 bits per heavy atom. The molecule has 3 heteroatoms. The van der Waals surface area contributed by atoms with Crippen molar-refractivity contribution in [1.29, 1.82) is 0 Å². The van der Waals surface area contributed by atoms with Crippen molar-refractivity contribution in [2.75, 3.05) is 11.9 Å². The van der Waals surface area contributed by atoms with E-state index in [2.05, 4.69) is 30.4 Å². The molecule has 0 aliphatic heterocycles. The summed E-state index contributed by atoms with van der Waals surface area (Å²) in [5, 5.41) is 4.68. The minimum absolute atomic E-state index is 0.647. The first-order chi connectivity index (χ1) is 8.75. The largest absolute Gasteiger partial charge is 0.361 e. The van der Waals surface area contributed by atoms with Crippen LogP contribution in [-0.2, 0) is 0 Å². The fourth-order valence-corrected chi connectivity index (χ4v) is 3.79. The van der Waals surface area contributed by atoms with E-state index in [-0.39, 0.29) is 0 Å². The summed E-state index contributed by atoms with van der Waals surface area (Å²) in [6.45, 7) is 3.26. The summed E-state index contributed by atoms with van der Waals surface area (Å²) < 4.78 is 1.29. The van der Waals surface area contributed by atoms with Crippen LogP contribution in [0.3, 0.4) is 0 Å². The standard InChI is InChI=1S/C15H18N2S/c1-10-2-5-13-12(8-10)17-14(18-13)16-9-15(6-7-15)11-3-4-11/h2,5,8,11H,3-4,6-7,9H2,1H3,(H,16,17). The van der Waals surface area contributed by atoms with Gasteiger partial charge in [-0.15, -0.1) is 0 Å². The van der Waals surface area contributed by atoms with Crippen LogP contribution in [0.5, 0.6) is 0 Å². The number of aryl methyl sites for hydroxylation is 1. The molecule has 0 unspecified atom stereocenters. The molecule has 0 spiro atoms. The van der Waals surface area contributed by atoms with Gasteiger partial charge in [-0.3, -0.25) is 0 Å². The first-order valence-electron chi connectivity index (χ1n) is 6.86. The normalized spacial score (nSPS) is 21.2. The summed E-state index contributed by atoms with van der Waals surface area (Å²) in [4.78, 5) is 4.69. The molecule has 1 heterocycles. The highest BCUT2D eigenvalue weighted by Crippen LogP contribution is 2.61. The number of anilines is 1. The Hall–Kier alpha value is -1.09. The van der Waals surface area contributed by atoms with Gasteiger partial charge < -0.3 is 5.32 Å². The molecule has 1 aromatic heterocycles. The van der Waals surface area contributed by atoms with Gasteiger partial charge in [0.05, 0.1) is 10.2 Å². The summed E-state index contributed by atoms with van der Waals surface area (Å²) in [7, 11) is 0. The average Bonchev–Trinajstić information content (AvgIpc) is 3.22. The second-order valence-electron chi connectivity index (χ2n) is 5.98. The molecule has 18 heavy (non-hydrogen) atoms. The van der Waals surface area contributed by atoms with Crippen LogP contribution in [0, 0.1) is 18.3 Å². The zero-order valence-electron chi connectivity index (χ0n) is 10.7. The number of hydrogen-bond acceptors (Lipinski definition) is 3. The van der Waals surface area contributed by atoms with Crippen molar-refractivity contribution < 1.29 is 0 Å². The van der Waals surface area contributed by atoms with Gasteiger partial charge >= 0.3 is 0 Å². The highest BCUT2D eigenvalue weighted by molar-refractivity contribution is 7.22. The van der Waals surface area contributed by atoms with E-state index in [9.17, 15) is 0 Å². The van der Waals surface area contributed by atoms with Crippen molar-refractivity contribution in [2.45, 2.75) is 32.6 Å². The van der Waals surface area contributed by atoms with E-state index >= 15 is 0 Å². The minimum Gasteiger partial charge on any atom is -0.361 e. The van der Waals surface area contributed by atoms with Crippen molar-refractivity contribution >= 4 is 26.7 Å². The topological polar surface area (TPSA) is 24.9 Å². The van der Waals surface area contributed by atoms with Crippen molar-refractivity contribution in [3.8, 4) is 0 Å². The Morgan fingerprint density at radius 1 is 1.39 bits per heavy atom. The lowest BCUT2D eigenvalue weighted by Gasteiger charge is -2.13. The lowest BCUT2D eigenvalue weighted by Crippen LogP contribution is -2.17. The lowest BCUT2D eigenvalue weighted by molar-refractivity contribution is 0.467. The molecular weight excluding hydrogens is 240 g/mol. The van der Waals surface area contributed by atoms with Gasteiger partial charge in [0.25, 0.3) is 0 Å². The third-order valence-corrected chi connectivity index (χ3v) is 5.46. The molecule has 0 saturated heterocycles. The fourth-order valence-electron chi connectivity index (χ4n) is 2.95. The third-order valence-electron chi connectivity index (χ3n) is 4.47. The van der Waals surface area contributed by atoms with Gasteiger partial charge in [0.15, 0.2) is 5.13 Å². The van der Waals surface area contributed by atoms with E-state index in [0.717, 1.165) is 23.1 Å². The molecule has 94 valence electrons. The molecule has 0 amide bonds. The van der Waals surface area contributed by atoms with Crippen LogP contribution in [0.4, 0.5) is 5.13 Å². The summed E-state index contributed by atoms with van der Waals surface area (Å²) in [5.41, 5.74) is 3.07. The highest BCUT2D eigenvalue weighted by Gasteiger charge is 2.53. The lowest BCUT2D eigenvalue weighted by atomic mass is 10.0. The number of rotatable bonds is 4. The van der Waals surface area contributed by atoms with Crippen LogP contribution in [0.15, 0.2) is 18.2 Å². The van der Waals surface area contributed by atoms with E-state index in [1.165, 1.54) is 35.9 Å². The Kier molecular flexibility index (Phi) is 2.22. The molecule has 0 radical (unpaired) electrons. The quantitative estimate of drug-likeness (QED) is 0.888. The van der Waals surface area contributed by atoms with E-state index in [1.54, 1.807) is 11.3 Å². The van der Waals surface area contributed by atoms with Crippen molar-refractivity contribution in [2.24, 2.45) is 11.3 Å². The second-order valence-corrected chi connectivity index (χ2v) is 7.01. The van der Waals surface area contributed by atoms with Gasteiger partial charge in [0, 0.05) is 6.54 Å². The van der Waals surface area contributed by atoms with Crippen molar-refractivity contribution in [3.05, 3.63) is 23.8 Å². The maximum Gasteiger partial charge on any atom is 0.183 e. The summed E-state index contributed by atoms with van der Waals surface area (Å²) in [6.07, 6.45) is 5.77. The monoisotopic (exact) mass is 258 g/mol. The number of fused-ring (bicyclic) bond motifs is 1. The van der Waals surface area contributed by atoms with Gasteiger partial charge in [0.2, 0.25) is 0 Å². The number of nitrogens with one attached hydrogen (secondary N) is 1. The van der Waals surface area contributed by atoms with E-state index in [4.69, 9.17) is 4.98 Å². The number of benzene rings is 1. The number of aromatic nitrogens is 1. The Labute approximate surface area is 111 Å². The summed E-state index contributed by atoms with van der Waals surface area (Å²) in [5.74, 6) is 1.02. The molecule has 1 aromatic carbocycles. The van der Waals surface area contributed by atoms with Crippen molar-refractivity contribution in [1.82, 2.24) is 4.98 Å². The average molecular weight is 258 g/mol. The first-order valence-corrected chi connectivity index (χ1v) is 7.68. The smallest absolute Gasteiger partial charge is 0.183 e. The number of thiazole rings is 1. The molecule has 2 fully saturated rings. The Balaban J connectivity index is 1.52. The molecule has 2 aromatic rings. The zero-order valence-corrected chi connectivity index (χ0v) is 11.5. The second kappa shape index (κ2) is 3.70. The number of nitrogens with zero attached hydrogens (tertiary/aromatic N) is 1. The van der Waals surface area contributed by atoms with Gasteiger partial charge in [-0.25, -0.2) is 4.98 Å². The van der Waals surface area contributed by atoms with Gasteiger partial charge in [-0.05, 0) is 61.6 Å². The molecule has 2 saturated carbocycles. The maximum atomic E-state index is 4.69. The first kappa shape index (κ1) is 10.8. The predicted molar refractivity (Wildman–Crippen MR) is 77.2 cm³/mol. The van der Waals surface area contributed by atoms with Crippen LogP contribution >= 0.6 is 11.3 Å². The van der Waals surface area contributed by atoms with E-state index in [0.29, 0.717) is 5.41 Å². The van der Waals surface area contributed by atoms with Crippen LogP contribution in [0.25, 0.3) is 10.2 Å². The van der Waals surface area contributed by atoms with Crippen LogP contribution < -0.4 is 5.32 Å². The third kappa shape index (κ3) is 1.81. The Bertz CT molecular complexity index is 594. The minimum atomic E-state index is 0.647. The summed E-state index contributed by atoms with van der Waals surface area (Å²) in [6, 6.07) is 6.52. The van der Waals surface area contributed by atoms with E-state index in [1.807, 2.05) is 0 Å². The molecule has 2 aliphatic rings. The van der Waals surface area contributed by atoms with Gasteiger partial charge in [-0.1, -0.05) is 17.4 Å². The van der Waals surface area contributed by atoms with Crippen LogP contribution in [-0.4, -0.2) is 11.5 Å². The van der Waals surface area contributed by atoms with Crippen molar-refractivity contribution in [3.63, 3.8) is 0 Å². The van der Waals surface area contributed by atoms with Crippen LogP contribution in [0.1, 0.15) is 31.2 Å². The summed E-state index contributed by atoms with van der Waals surface area (Å²) >= 11 is 1.78. The molecule has 0 atom stereocenters. The van der Waals surface area contributed by atoms with Crippen LogP contribution in [0.2, 0.25) is 0 Å². The predicted octanol–water partition coefficient (Wildman–Crippen LogP) is 4.21. The zero-order chi connectivity index (χ0) is 12.2. The van der Waals surface area contributed by atoms with Gasteiger partial charge in [0.1, 0.15) is 0 Å². The highest BCUT2D eigenvalue weighted by atomic mass is 32.1. The molecule has 2 nitrogen and oxygen atoms in total. The molecule has 2 aliphatic carbocycles. The molecule has 1 N–H and O–H groups in total. The Morgan fingerprint density at radius 3 is 2.94 bits per heavy atom.